The van der Waals surface area contributed by atoms with E-state index < -0.39 is 0 Å². The highest BCUT2D eigenvalue weighted by atomic mass is 16.2. The molecule has 1 heterocycles. The molecular weight excluding hydrogens is 226 g/mol. The molecule has 0 aromatic heterocycles. The van der Waals surface area contributed by atoms with Gasteiger partial charge in [-0.3, -0.25) is 4.79 Å². The maximum atomic E-state index is 12.5. The molecule has 2 atom stereocenters. The molecule has 1 aliphatic carbocycles. The molecule has 0 radical (unpaired) electrons. The van der Waals surface area contributed by atoms with E-state index in [1.165, 1.54) is 12.8 Å². The van der Waals surface area contributed by atoms with E-state index in [-0.39, 0.29) is 5.92 Å². The third-order valence-electron chi connectivity index (χ3n) is 4.50. The van der Waals surface area contributed by atoms with Crippen LogP contribution < -0.4 is 5.73 Å². The number of hydrogen-bond donors (Lipinski definition) is 1. The fourth-order valence-electron chi connectivity index (χ4n) is 3.25. The first-order chi connectivity index (χ1) is 8.70. The maximum Gasteiger partial charge on any atom is 0.225 e. The lowest BCUT2D eigenvalue weighted by Crippen LogP contribution is -2.40. The Morgan fingerprint density at radius 2 is 2.00 bits per heavy atom. The zero-order chi connectivity index (χ0) is 13.0. The fourth-order valence-corrected chi connectivity index (χ4v) is 3.25. The molecule has 1 saturated heterocycles. The summed E-state index contributed by atoms with van der Waals surface area (Å²) in [6, 6.07) is 0. The molecule has 2 fully saturated rings. The summed E-state index contributed by atoms with van der Waals surface area (Å²) in [5.74, 6) is 1.21. The monoisotopic (exact) mass is 253 g/mol. The van der Waals surface area contributed by atoms with Crippen molar-refractivity contribution in [2.24, 2.45) is 17.6 Å². The summed E-state index contributed by atoms with van der Waals surface area (Å²) in [5, 5.41) is 0. The van der Waals surface area contributed by atoms with Gasteiger partial charge < -0.3 is 15.5 Å². The predicted molar refractivity (Wildman–Crippen MR) is 73.2 cm³/mol. The second-order valence-corrected chi connectivity index (χ2v) is 5.95. The van der Waals surface area contributed by atoms with Gasteiger partial charge in [0.25, 0.3) is 0 Å². The molecule has 4 heteroatoms. The minimum atomic E-state index is 0.246. The molecule has 2 unspecified atom stereocenters. The summed E-state index contributed by atoms with van der Waals surface area (Å²) in [7, 11) is 2.14. The van der Waals surface area contributed by atoms with Gasteiger partial charge in [0, 0.05) is 25.6 Å². The molecule has 2 N–H and O–H groups in total. The van der Waals surface area contributed by atoms with E-state index in [0.29, 0.717) is 11.8 Å². The minimum absolute atomic E-state index is 0.246. The van der Waals surface area contributed by atoms with Gasteiger partial charge in [0.05, 0.1) is 0 Å². The Morgan fingerprint density at radius 3 is 2.78 bits per heavy atom. The standard InChI is InChI=1S/C14H27N3O/c1-16-6-3-7-17(9-8-16)14(18)13-5-2-4-12(10-13)11-15/h12-13H,2-11,15H2,1H3. The van der Waals surface area contributed by atoms with Crippen LogP contribution in [0.1, 0.15) is 32.1 Å². The lowest BCUT2D eigenvalue weighted by atomic mass is 9.80. The first kappa shape index (κ1) is 13.8. The van der Waals surface area contributed by atoms with E-state index in [0.717, 1.165) is 52.0 Å². The zero-order valence-corrected chi connectivity index (χ0v) is 11.6. The molecule has 104 valence electrons. The van der Waals surface area contributed by atoms with Crippen molar-refractivity contribution in [3.8, 4) is 0 Å². The molecule has 0 aromatic carbocycles. The highest BCUT2D eigenvalue weighted by molar-refractivity contribution is 5.79. The third-order valence-corrected chi connectivity index (χ3v) is 4.50. The van der Waals surface area contributed by atoms with Gasteiger partial charge in [-0.25, -0.2) is 0 Å². The molecule has 2 rings (SSSR count). The average Bonchev–Trinajstić information content (AvgIpc) is 2.63. The first-order valence-corrected chi connectivity index (χ1v) is 7.38. The second kappa shape index (κ2) is 6.53. The van der Waals surface area contributed by atoms with Gasteiger partial charge in [-0.15, -0.1) is 0 Å². The van der Waals surface area contributed by atoms with Crippen LogP contribution in [0.25, 0.3) is 0 Å². The normalized spacial score (nSPS) is 31.1. The number of nitrogens with zero attached hydrogens (tertiary/aromatic N) is 2. The SMILES string of the molecule is CN1CCCN(C(=O)C2CCCC(CN)C2)CC1. The number of rotatable bonds is 2. The largest absolute Gasteiger partial charge is 0.341 e. The molecule has 0 bridgehead atoms. The van der Waals surface area contributed by atoms with Crippen molar-refractivity contribution in [2.75, 3.05) is 39.8 Å². The lowest BCUT2D eigenvalue weighted by molar-refractivity contribution is -0.136. The van der Waals surface area contributed by atoms with Crippen molar-refractivity contribution in [2.45, 2.75) is 32.1 Å². The van der Waals surface area contributed by atoms with Gasteiger partial charge in [0.15, 0.2) is 0 Å². The smallest absolute Gasteiger partial charge is 0.225 e. The quantitative estimate of drug-likeness (QED) is 0.796. The summed E-state index contributed by atoms with van der Waals surface area (Å²) in [6.45, 7) is 4.71. The first-order valence-electron chi connectivity index (χ1n) is 7.38. The summed E-state index contributed by atoms with van der Waals surface area (Å²) < 4.78 is 0. The van der Waals surface area contributed by atoms with Crippen LogP contribution in [0, 0.1) is 11.8 Å². The van der Waals surface area contributed by atoms with Crippen LogP contribution >= 0.6 is 0 Å². The summed E-state index contributed by atoms with van der Waals surface area (Å²) >= 11 is 0. The molecule has 0 spiro atoms. The number of carbonyl (C=O) groups excluding carboxylic acids is 1. The van der Waals surface area contributed by atoms with Crippen LogP contribution in [0.5, 0.6) is 0 Å². The van der Waals surface area contributed by atoms with E-state index in [9.17, 15) is 4.79 Å². The number of hydrogen-bond acceptors (Lipinski definition) is 3. The Bertz CT molecular complexity index is 278. The van der Waals surface area contributed by atoms with Crippen LogP contribution in [-0.2, 0) is 4.79 Å². The van der Waals surface area contributed by atoms with Crippen LogP contribution in [-0.4, -0.2) is 55.5 Å². The maximum absolute atomic E-state index is 12.5. The average molecular weight is 253 g/mol. The van der Waals surface area contributed by atoms with Gasteiger partial charge in [-0.2, -0.15) is 0 Å². The third kappa shape index (κ3) is 3.45. The Hall–Kier alpha value is -0.610. The van der Waals surface area contributed by atoms with E-state index in [1.54, 1.807) is 0 Å². The molecule has 0 aromatic rings. The van der Waals surface area contributed by atoms with Gasteiger partial charge >= 0.3 is 0 Å². The summed E-state index contributed by atoms with van der Waals surface area (Å²) in [4.78, 5) is 16.9. The zero-order valence-electron chi connectivity index (χ0n) is 11.6. The Balaban J connectivity index is 1.89. The Morgan fingerprint density at radius 1 is 1.17 bits per heavy atom. The van der Waals surface area contributed by atoms with Crippen LogP contribution in [0.15, 0.2) is 0 Å². The highest BCUT2D eigenvalue weighted by Crippen LogP contribution is 2.29. The number of carbonyl (C=O) groups is 1. The number of likely N-dealkylation sites (N-methyl/N-ethyl adjacent to an activating group) is 1. The van der Waals surface area contributed by atoms with Gasteiger partial charge in [0.2, 0.25) is 5.91 Å². The van der Waals surface area contributed by atoms with Crippen molar-refractivity contribution in [3.63, 3.8) is 0 Å². The Labute approximate surface area is 110 Å². The van der Waals surface area contributed by atoms with E-state index in [2.05, 4.69) is 16.8 Å². The molecular formula is C14H27N3O. The molecule has 2 aliphatic rings. The molecule has 1 aliphatic heterocycles. The molecule has 1 saturated carbocycles. The van der Waals surface area contributed by atoms with Crippen molar-refractivity contribution in [1.29, 1.82) is 0 Å². The van der Waals surface area contributed by atoms with Gasteiger partial charge in [0.1, 0.15) is 0 Å². The summed E-state index contributed by atoms with van der Waals surface area (Å²) in [5.41, 5.74) is 5.76. The van der Waals surface area contributed by atoms with Gasteiger partial charge in [-0.1, -0.05) is 6.42 Å². The predicted octanol–water partition coefficient (Wildman–Crippen LogP) is 0.916. The van der Waals surface area contributed by atoms with E-state index in [4.69, 9.17) is 5.73 Å². The molecule has 4 nitrogen and oxygen atoms in total. The van der Waals surface area contributed by atoms with Crippen molar-refractivity contribution >= 4 is 5.91 Å². The summed E-state index contributed by atoms with van der Waals surface area (Å²) in [6.07, 6.45) is 5.58. The lowest BCUT2D eigenvalue weighted by Gasteiger charge is -2.31. The minimum Gasteiger partial charge on any atom is -0.341 e. The molecule has 1 amide bonds. The topological polar surface area (TPSA) is 49.6 Å². The van der Waals surface area contributed by atoms with E-state index in [1.807, 2.05) is 0 Å². The van der Waals surface area contributed by atoms with Crippen molar-refractivity contribution in [3.05, 3.63) is 0 Å². The van der Waals surface area contributed by atoms with Gasteiger partial charge in [-0.05, 0) is 51.7 Å². The highest BCUT2D eigenvalue weighted by Gasteiger charge is 2.30. The van der Waals surface area contributed by atoms with Crippen LogP contribution in [0.3, 0.4) is 0 Å². The fraction of sp³-hybridized carbons (Fsp3) is 0.929. The van der Waals surface area contributed by atoms with E-state index >= 15 is 0 Å². The van der Waals surface area contributed by atoms with Crippen LogP contribution in [0.4, 0.5) is 0 Å². The second-order valence-electron chi connectivity index (χ2n) is 5.95. The van der Waals surface area contributed by atoms with Crippen molar-refractivity contribution < 1.29 is 4.79 Å². The van der Waals surface area contributed by atoms with Crippen molar-refractivity contribution in [1.82, 2.24) is 9.80 Å². The number of nitrogens with two attached hydrogens (primary N) is 1. The Kier molecular flexibility index (Phi) is 5.01. The number of amides is 1. The van der Waals surface area contributed by atoms with Crippen LogP contribution in [0.2, 0.25) is 0 Å². The molecule has 18 heavy (non-hydrogen) atoms.